The van der Waals surface area contributed by atoms with Gasteiger partial charge in [0.2, 0.25) is 0 Å². The molecule has 3 aliphatic carbocycles. The van der Waals surface area contributed by atoms with Crippen LogP contribution in [0.2, 0.25) is 0 Å². The molecule has 216 valence electrons. The first-order valence-corrected chi connectivity index (χ1v) is 14.7. The zero-order chi connectivity index (χ0) is 28.6. The molecule has 3 fully saturated rings. The molecular weight excluding hydrogens is 529 g/mol. The summed E-state index contributed by atoms with van der Waals surface area (Å²) in [6.07, 6.45) is 6.10. The molecule has 3 aromatic rings. The highest BCUT2D eigenvalue weighted by Crippen LogP contribution is 2.49. The van der Waals surface area contributed by atoms with E-state index in [4.69, 9.17) is 4.98 Å². The summed E-state index contributed by atoms with van der Waals surface area (Å²) in [5.74, 6) is 1.26. The maximum atomic E-state index is 14.3. The number of nitrogens with zero attached hydrogens (tertiary/aromatic N) is 5. The molecule has 41 heavy (non-hydrogen) atoms. The average molecular weight is 565 g/mol. The van der Waals surface area contributed by atoms with E-state index in [0.29, 0.717) is 23.8 Å². The Morgan fingerprint density at radius 1 is 1.07 bits per heavy atom. The van der Waals surface area contributed by atoms with Crippen LogP contribution in [0, 0.1) is 0 Å². The van der Waals surface area contributed by atoms with E-state index >= 15 is 0 Å². The van der Waals surface area contributed by atoms with Crippen molar-refractivity contribution in [3.05, 3.63) is 69.9 Å². The maximum Gasteiger partial charge on any atom is 0.416 e. The number of carbonyl (C=O) groups excluding carboxylic acids is 1. The SMILES string of the molecule is Cn1cnnc1CC1(c2cc(C3CC3)nc(N3Cc4c(cc(CNC5(C)CCC5)cc4C(F)(F)F)C3=O)c2)CCC1. The van der Waals surface area contributed by atoms with E-state index < -0.39 is 17.6 Å². The molecule has 10 heteroatoms. The van der Waals surface area contributed by atoms with Crippen LogP contribution in [0.4, 0.5) is 19.0 Å². The van der Waals surface area contributed by atoms with Crippen LogP contribution in [-0.2, 0) is 38.1 Å². The molecule has 1 aliphatic heterocycles. The van der Waals surface area contributed by atoms with Crippen LogP contribution in [-0.4, -0.2) is 31.2 Å². The number of halogens is 3. The average Bonchev–Trinajstić information content (AvgIpc) is 3.60. The Hall–Kier alpha value is -3.27. The van der Waals surface area contributed by atoms with Gasteiger partial charge in [-0.15, -0.1) is 10.2 Å². The molecule has 0 radical (unpaired) electrons. The van der Waals surface area contributed by atoms with Crippen molar-refractivity contribution in [3.63, 3.8) is 0 Å². The van der Waals surface area contributed by atoms with Crippen molar-refractivity contribution in [3.8, 4) is 0 Å². The van der Waals surface area contributed by atoms with Gasteiger partial charge in [0.05, 0.1) is 12.1 Å². The van der Waals surface area contributed by atoms with E-state index in [9.17, 15) is 18.0 Å². The maximum absolute atomic E-state index is 14.3. The van der Waals surface area contributed by atoms with Crippen molar-refractivity contribution in [2.75, 3.05) is 4.90 Å². The van der Waals surface area contributed by atoms with Crippen LogP contribution >= 0.6 is 0 Å². The number of anilines is 1. The molecule has 2 aromatic heterocycles. The fourth-order valence-electron chi connectivity index (χ4n) is 6.72. The molecular formula is C31H35F3N6O. The number of alkyl halides is 3. The van der Waals surface area contributed by atoms with Crippen molar-refractivity contribution < 1.29 is 18.0 Å². The summed E-state index contributed by atoms with van der Waals surface area (Å²) >= 11 is 0. The lowest BCUT2D eigenvalue weighted by atomic mass is 9.62. The lowest BCUT2D eigenvalue weighted by Gasteiger charge is -2.42. The predicted molar refractivity (Wildman–Crippen MR) is 148 cm³/mol. The van der Waals surface area contributed by atoms with E-state index in [1.807, 2.05) is 17.7 Å². The first-order valence-electron chi connectivity index (χ1n) is 14.7. The van der Waals surface area contributed by atoms with E-state index in [2.05, 4.69) is 28.5 Å². The Labute approximate surface area is 237 Å². The van der Waals surface area contributed by atoms with Crippen LogP contribution in [0.15, 0.2) is 30.6 Å². The number of nitrogens with one attached hydrogen (secondary N) is 1. The number of hydrogen-bond donors (Lipinski definition) is 1. The Balaban J connectivity index is 1.25. The third-order valence-electron chi connectivity index (χ3n) is 9.91. The lowest BCUT2D eigenvalue weighted by Crippen LogP contribution is -2.47. The van der Waals surface area contributed by atoms with Crippen LogP contribution in [0.3, 0.4) is 0 Å². The zero-order valence-electron chi connectivity index (χ0n) is 23.5. The molecule has 3 heterocycles. The smallest absolute Gasteiger partial charge is 0.321 e. The predicted octanol–water partition coefficient (Wildman–Crippen LogP) is 5.96. The molecule has 0 atom stereocenters. The van der Waals surface area contributed by atoms with Crippen molar-refractivity contribution >= 4 is 11.7 Å². The zero-order valence-corrected chi connectivity index (χ0v) is 23.5. The molecule has 0 unspecified atom stereocenters. The van der Waals surface area contributed by atoms with Gasteiger partial charge in [0.15, 0.2) is 0 Å². The van der Waals surface area contributed by atoms with E-state index in [1.54, 1.807) is 12.4 Å². The van der Waals surface area contributed by atoms with Gasteiger partial charge in [-0.1, -0.05) is 6.42 Å². The highest BCUT2D eigenvalue weighted by atomic mass is 19.4. The number of carbonyl (C=O) groups is 1. The summed E-state index contributed by atoms with van der Waals surface area (Å²) in [5, 5.41) is 11.8. The monoisotopic (exact) mass is 564 g/mol. The van der Waals surface area contributed by atoms with Crippen LogP contribution < -0.4 is 10.2 Å². The minimum absolute atomic E-state index is 0.0405. The summed E-state index contributed by atoms with van der Waals surface area (Å²) in [4.78, 5) is 20.1. The van der Waals surface area contributed by atoms with Gasteiger partial charge >= 0.3 is 6.18 Å². The summed E-state index contributed by atoms with van der Waals surface area (Å²) in [7, 11) is 1.93. The van der Waals surface area contributed by atoms with Gasteiger partial charge in [0, 0.05) is 48.1 Å². The molecule has 7 nitrogen and oxygen atoms in total. The molecule has 0 saturated heterocycles. The van der Waals surface area contributed by atoms with Crippen LogP contribution in [0.1, 0.15) is 108 Å². The molecule has 1 amide bonds. The molecule has 3 saturated carbocycles. The van der Waals surface area contributed by atoms with E-state index in [0.717, 1.165) is 74.9 Å². The number of aryl methyl sites for hydroxylation is 1. The highest BCUT2D eigenvalue weighted by Gasteiger charge is 2.44. The number of rotatable bonds is 8. The quantitative estimate of drug-likeness (QED) is 0.365. The standard InChI is InChI=1S/C31H35F3N6O/c1-29(7-3-8-29)35-16-19-11-22-23(24(12-19)31(32,33)34)17-40(28(22)41)26-14-21(13-25(37-26)20-5-6-20)30(9-4-10-30)15-27-38-36-18-39(27)2/h11-14,18,20,35H,3-10,15-17H2,1-2H3. The van der Waals surface area contributed by atoms with Gasteiger partial charge in [0.25, 0.3) is 5.91 Å². The topological polar surface area (TPSA) is 75.9 Å². The first kappa shape index (κ1) is 26.6. The summed E-state index contributed by atoms with van der Waals surface area (Å²) in [6, 6.07) is 6.97. The molecule has 1 N–H and O–H groups in total. The fraction of sp³-hybridized carbons (Fsp3) is 0.548. The van der Waals surface area contributed by atoms with E-state index in [-0.39, 0.29) is 28.6 Å². The third kappa shape index (κ3) is 4.73. The second kappa shape index (κ2) is 9.37. The van der Waals surface area contributed by atoms with Gasteiger partial charge in [-0.3, -0.25) is 9.69 Å². The van der Waals surface area contributed by atoms with Crippen molar-refractivity contribution in [2.24, 2.45) is 7.05 Å². The van der Waals surface area contributed by atoms with Crippen molar-refractivity contribution in [2.45, 2.75) is 101 Å². The van der Waals surface area contributed by atoms with Gasteiger partial charge in [-0.2, -0.15) is 13.2 Å². The second-order valence-corrected chi connectivity index (χ2v) is 12.9. The van der Waals surface area contributed by atoms with Crippen molar-refractivity contribution in [1.29, 1.82) is 0 Å². The summed E-state index contributed by atoms with van der Waals surface area (Å²) in [6.45, 7) is 2.26. The minimum Gasteiger partial charge on any atom is -0.321 e. The van der Waals surface area contributed by atoms with Gasteiger partial charge in [0.1, 0.15) is 18.0 Å². The molecule has 1 aromatic carbocycles. The second-order valence-electron chi connectivity index (χ2n) is 12.9. The number of pyridine rings is 1. The molecule has 0 bridgehead atoms. The first-order chi connectivity index (χ1) is 19.5. The molecule has 0 spiro atoms. The number of fused-ring (bicyclic) bond motifs is 1. The van der Waals surface area contributed by atoms with Gasteiger partial charge in [-0.05, 0) is 92.8 Å². The van der Waals surface area contributed by atoms with Crippen molar-refractivity contribution in [1.82, 2.24) is 25.1 Å². The largest absolute Gasteiger partial charge is 0.416 e. The van der Waals surface area contributed by atoms with Crippen LogP contribution in [0.25, 0.3) is 0 Å². The van der Waals surface area contributed by atoms with E-state index in [1.165, 1.54) is 11.0 Å². The highest BCUT2D eigenvalue weighted by molar-refractivity contribution is 6.10. The van der Waals surface area contributed by atoms with Gasteiger partial charge in [-0.25, -0.2) is 4.98 Å². The molecule has 7 rings (SSSR count). The number of benzene rings is 1. The summed E-state index contributed by atoms with van der Waals surface area (Å²) in [5.41, 5.74) is 1.75. The minimum atomic E-state index is -4.56. The Morgan fingerprint density at radius 3 is 2.41 bits per heavy atom. The van der Waals surface area contributed by atoms with Crippen LogP contribution in [0.5, 0.6) is 0 Å². The Bertz CT molecular complexity index is 1520. The number of hydrogen-bond acceptors (Lipinski definition) is 5. The number of aromatic nitrogens is 4. The summed E-state index contributed by atoms with van der Waals surface area (Å²) < 4.78 is 44.9. The number of amides is 1. The third-order valence-corrected chi connectivity index (χ3v) is 9.91. The normalized spacial score (nSPS) is 21.0. The van der Waals surface area contributed by atoms with Gasteiger partial charge < -0.3 is 9.88 Å². The Morgan fingerprint density at radius 2 is 1.83 bits per heavy atom. The lowest BCUT2D eigenvalue weighted by molar-refractivity contribution is -0.138. The Kier molecular flexibility index (Phi) is 6.09. The molecule has 4 aliphatic rings. The fourth-order valence-corrected chi connectivity index (χ4v) is 6.72.